The van der Waals surface area contributed by atoms with E-state index in [1.807, 2.05) is 59.3 Å². The Morgan fingerprint density at radius 2 is 1.80 bits per heavy atom. The summed E-state index contributed by atoms with van der Waals surface area (Å²) in [6.45, 7) is 0.544. The number of rotatable bonds is 7. The van der Waals surface area contributed by atoms with E-state index in [0.29, 0.717) is 19.4 Å². The minimum absolute atomic E-state index is 0.112. The molecule has 1 fully saturated rings. The molecule has 8 nitrogen and oxygen atoms in total. The van der Waals surface area contributed by atoms with E-state index in [9.17, 15) is 18.4 Å². The number of nitrogens with zero attached hydrogens (tertiary/aromatic N) is 4. The Kier molecular flexibility index (Phi) is 7.40. The maximum Gasteiger partial charge on any atom is 0.333 e. The van der Waals surface area contributed by atoms with Gasteiger partial charge in [0, 0.05) is 30.5 Å². The Hall–Kier alpha value is -4.31. The van der Waals surface area contributed by atoms with Gasteiger partial charge in [-0.05, 0) is 67.5 Å². The molecule has 210 valence electrons. The average molecular weight is 577 g/mol. The van der Waals surface area contributed by atoms with Crippen molar-refractivity contribution in [3.8, 4) is 16.8 Å². The second-order valence-corrected chi connectivity index (χ2v) is 10.8. The summed E-state index contributed by atoms with van der Waals surface area (Å²) in [5.41, 5.74) is 3.45. The Morgan fingerprint density at radius 1 is 1.02 bits per heavy atom. The lowest BCUT2D eigenvalue weighted by molar-refractivity contribution is 0.0904. The molecule has 3 aromatic heterocycles. The molecule has 1 saturated carbocycles. The van der Waals surface area contributed by atoms with Crippen molar-refractivity contribution in [1.29, 1.82) is 0 Å². The van der Waals surface area contributed by atoms with E-state index in [1.165, 1.54) is 6.07 Å². The summed E-state index contributed by atoms with van der Waals surface area (Å²) in [6, 6.07) is 16.6. The smallest absolute Gasteiger partial charge is 0.333 e. The lowest BCUT2D eigenvalue weighted by atomic mass is 9.85. The summed E-state index contributed by atoms with van der Waals surface area (Å²) in [5, 5.41) is 9.86. The zero-order chi connectivity index (χ0) is 28.5. The number of halogens is 3. The summed E-state index contributed by atoms with van der Waals surface area (Å²) in [7, 11) is 0. The Balaban J connectivity index is 1.19. The van der Waals surface area contributed by atoms with Gasteiger partial charge in [0.25, 0.3) is 12.3 Å². The van der Waals surface area contributed by atoms with Crippen LogP contribution in [0.2, 0.25) is 5.02 Å². The van der Waals surface area contributed by atoms with E-state index in [2.05, 4.69) is 20.5 Å². The third-order valence-corrected chi connectivity index (χ3v) is 7.94. The molecule has 0 bridgehead atoms. The van der Waals surface area contributed by atoms with Crippen molar-refractivity contribution < 1.29 is 13.6 Å². The minimum Gasteiger partial charge on any atom is -0.349 e. The van der Waals surface area contributed by atoms with E-state index in [4.69, 9.17) is 11.6 Å². The third kappa shape index (κ3) is 5.39. The molecule has 0 atom stereocenters. The number of aromatic nitrogens is 5. The van der Waals surface area contributed by atoms with Crippen molar-refractivity contribution in [1.82, 2.24) is 29.6 Å². The fourth-order valence-corrected chi connectivity index (χ4v) is 5.84. The SMILES string of the molecule is O=C(NC1CCC(Cn2c(=O)n(-c3cccc(-c4cn[nH]c4)c3)c3ccccc32)CC1)c1cc(Cl)cnc1C(F)F. The van der Waals surface area contributed by atoms with Crippen LogP contribution in [0.1, 0.15) is 48.2 Å². The van der Waals surface area contributed by atoms with Gasteiger partial charge in [0.15, 0.2) is 0 Å². The van der Waals surface area contributed by atoms with Crippen LogP contribution in [0.4, 0.5) is 8.78 Å². The predicted molar refractivity (Wildman–Crippen MR) is 153 cm³/mol. The molecule has 1 amide bonds. The number of carbonyl (C=O) groups is 1. The molecule has 1 aliphatic carbocycles. The lowest BCUT2D eigenvalue weighted by Gasteiger charge is -2.29. The molecule has 0 radical (unpaired) electrons. The van der Waals surface area contributed by atoms with E-state index in [0.717, 1.165) is 46.9 Å². The number of fused-ring (bicyclic) bond motifs is 1. The highest BCUT2D eigenvalue weighted by molar-refractivity contribution is 6.30. The molecule has 1 aliphatic rings. The molecule has 41 heavy (non-hydrogen) atoms. The summed E-state index contributed by atoms with van der Waals surface area (Å²) in [4.78, 5) is 30.3. The second-order valence-electron chi connectivity index (χ2n) is 10.3. The number of nitrogens with one attached hydrogen (secondary N) is 2. The van der Waals surface area contributed by atoms with Crippen LogP contribution in [0.5, 0.6) is 0 Å². The molecule has 0 aliphatic heterocycles. The Labute approximate surface area is 239 Å². The van der Waals surface area contributed by atoms with Crippen molar-refractivity contribution in [3.63, 3.8) is 0 Å². The van der Waals surface area contributed by atoms with Crippen LogP contribution in [0, 0.1) is 5.92 Å². The van der Waals surface area contributed by atoms with Gasteiger partial charge in [-0.15, -0.1) is 0 Å². The quantitative estimate of drug-likeness (QED) is 0.242. The first-order chi connectivity index (χ1) is 19.9. The van der Waals surface area contributed by atoms with Crippen molar-refractivity contribution >= 4 is 28.5 Å². The van der Waals surface area contributed by atoms with E-state index < -0.39 is 18.0 Å². The van der Waals surface area contributed by atoms with Crippen molar-refractivity contribution in [2.45, 2.75) is 44.7 Å². The molecular weight excluding hydrogens is 550 g/mol. The lowest BCUT2D eigenvalue weighted by Crippen LogP contribution is -2.39. The minimum atomic E-state index is -2.88. The average Bonchev–Trinajstić information content (AvgIpc) is 3.61. The van der Waals surface area contributed by atoms with Gasteiger partial charge in [-0.25, -0.2) is 13.6 Å². The first-order valence-corrected chi connectivity index (χ1v) is 13.8. The molecule has 0 unspecified atom stereocenters. The van der Waals surface area contributed by atoms with E-state index in [-0.39, 0.29) is 28.2 Å². The largest absolute Gasteiger partial charge is 0.349 e. The predicted octanol–water partition coefficient (Wildman–Crippen LogP) is 6.16. The van der Waals surface area contributed by atoms with Gasteiger partial charge in [0.1, 0.15) is 5.69 Å². The standard InChI is InChI=1S/C30H27ClF2N6O2/c31-21-13-24(27(28(32)33)34-16-21)29(40)37-22-10-8-18(9-11-22)17-38-25-6-1-2-7-26(25)39(30(38)41)23-5-3-4-19(12-23)20-14-35-36-15-20/h1-7,12-16,18,22,28H,8-11,17H2,(H,35,36)(H,37,40). The number of hydrogen-bond donors (Lipinski definition) is 2. The zero-order valence-electron chi connectivity index (χ0n) is 21.9. The molecule has 0 spiro atoms. The molecule has 11 heteroatoms. The number of alkyl halides is 2. The van der Waals surface area contributed by atoms with Gasteiger partial charge in [-0.3, -0.25) is 24.0 Å². The molecule has 2 N–H and O–H groups in total. The highest BCUT2D eigenvalue weighted by atomic mass is 35.5. The maximum absolute atomic E-state index is 13.8. The van der Waals surface area contributed by atoms with Gasteiger partial charge in [0.05, 0.1) is 33.5 Å². The number of benzene rings is 2. The van der Waals surface area contributed by atoms with Gasteiger partial charge in [-0.1, -0.05) is 35.9 Å². The van der Waals surface area contributed by atoms with Crippen LogP contribution in [0.15, 0.2) is 78.0 Å². The van der Waals surface area contributed by atoms with Crippen molar-refractivity contribution in [2.24, 2.45) is 5.92 Å². The Bertz CT molecular complexity index is 1760. The van der Waals surface area contributed by atoms with Crippen LogP contribution in [0.25, 0.3) is 27.8 Å². The highest BCUT2D eigenvalue weighted by Crippen LogP contribution is 2.29. The molecule has 6 rings (SSSR count). The molecule has 5 aromatic rings. The number of para-hydroxylation sites is 2. The van der Waals surface area contributed by atoms with Crippen LogP contribution < -0.4 is 11.0 Å². The van der Waals surface area contributed by atoms with Gasteiger partial charge < -0.3 is 5.32 Å². The fourth-order valence-electron chi connectivity index (χ4n) is 5.68. The fraction of sp³-hybridized carbons (Fsp3) is 0.267. The normalized spacial score (nSPS) is 17.3. The third-order valence-electron chi connectivity index (χ3n) is 7.73. The Morgan fingerprint density at radius 3 is 2.54 bits per heavy atom. The first kappa shape index (κ1) is 26.9. The number of amides is 1. The maximum atomic E-state index is 13.8. The van der Waals surface area contributed by atoms with Crippen LogP contribution >= 0.6 is 11.6 Å². The first-order valence-electron chi connectivity index (χ1n) is 13.4. The second kappa shape index (κ2) is 11.3. The summed E-state index contributed by atoms with van der Waals surface area (Å²) >= 11 is 5.91. The van der Waals surface area contributed by atoms with Crippen LogP contribution in [-0.4, -0.2) is 36.3 Å². The van der Waals surface area contributed by atoms with E-state index >= 15 is 0 Å². The molecular formula is C30H27ClF2N6O2. The highest BCUT2D eigenvalue weighted by Gasteiger charge is 2.27. The number of H-pyrrole nitrogens is 1. The van der Waals surface area contributed by atoms with Gasteiger partial charge in [-0.2, -0.15) is 5.10 Å². The monoisotopic (exact) mass is 576 g/mol. The summed E-state index contributed by atoms with van der Waals surface area (Å²) in [6.07, 6.45) is 4.70. The summed E-state index contributed by atoms with van der Waals surface area (Å²) in [5.74, 6) is -0.377. The van der Waals surface area contributed by atoms with Crippen LogP contribution in [-0.2, 0) is 6.54 Å². The van der Waals surface area contributed by atoms with Crippen molar-refractivity contribution in [3.05, 3.63) is 100.0 Å². The number of pyridine rings is 1. The van der Waals surface area contributed by atoms with Gasteiger partial charge in [0.2, 0.25) is 0 Å². The number of aromatic amines is 1. The van der Waals surface area contributed by atoms with Crippen molar-refractivity contribution in [2.75, 3.05) is 0 Å². The molecule has 0 saturated heterocycles. The summed E-state index contributed by atoms with van der Waals surface area (Å²) < 4.78 is 30.3. The number of hydrogen-bond acceptors (Lipinski definition) is 4. The zero-order valence-corrected chi connectivity index (χ0v) is 22.7. The number of carbonyl (C=O) groups excluding carboxylic acids is 1. The van der Waals surface area contributed by atoms with Crippen LogP contribution in [0.3, 0.4) is 0 Å². The topological polar surface area (TPSA) is 97.6 Å². The number of imidazole rings is 1. The molecule has 2 aromatic carbocycles. The van der Waals surface area contributed by atoms with E-state index in [1.54, 1.807) is 10.8 Å². The molecule has 3 heterocycles. The van der Waals surface area contributed by atoms with Gasteiger partial charge >= 0.3 is 5.69 Å².